The number of nitrogens with zero attached hydrogens (tertiary/aromatic N) is 1. The Morgan fingerprint density at radius 2 is 2.21 bits per heavy atom. The minimum atomic E-state index is 0.607. The number of hydrogen-bond acceptors (Lipinski definition) is 2. The van der Waals surface area contributed by atoms with E-state index < -0.39 is 0 Å². The molecule has 1 aliphatic rings. The highest BCUT2D eigenvalue weighted by Crippen LogP contribution is 2.38. The molecule has 0 N–H and O–H groups in total. The Labute approximate surface area is 84.1 Å². The van der Waals surface area contributed by atoms with E-state index >= 15 is 0 Å². The molecular weight excluding hydrogens is 174 g/mol. The number of hydrogen-bond donors (Lipinski definition) is 0. The zero-order chi connectivity index (χ0) is 9.97. The Kier molecular flexibility index (Phi) is 2.41. The zero-order valence-electron chi connectivity index (χ0n) is 8.29. The highest BCUT2D eigenvalue weighted by atomic mass is 16.5. The summed E-state index contributed by atoms with van der Waals surface area (Å²) < 4.78 is 5.09. The fraction of sp³-hybridized carbons (Fsp3) is 0.417. The van der Waals surface area contributed by atoms with Crippen molar-refractivity contribution < 1.29 is 4.74 Å². The van der Waals surface area contributed by atoms with Gasteiger partial charge < -0.3 is 4.74 Å². The van der Waals surface area contributed by atoms with Crippen LogP contribution in [0.1, 0.15) is 36.3 Å². The van der Waals surface area contributed by atoms with Gasteiger partial charge >= 0.3 is 0 Å². The predicted octanol–water partition coefficient (Wildman–Crippen LogP) is 2.83. The second-order valence-electron chi connectivity index (χ2n) is 3.69. The van der Waals surface area contributed by atoms with Crippen molar-refractivity contribution >= 4 is 0 Å². The van der Waals surface area contributed by atoms with Crippen LogP contribution in [0.4, 0.5) is 0 Å². The molecule has 0 unspecified atom stereocenters. The normalized spacial score (nSPS) is 15.7. The van der Waals surface area contributed by atoms with E-state index in [9.17, 15) is 0 Å². The second-order valence-corrected chi connectivity index (χ2v) is 3.69. The van der Waals surface area contributed by atoms with Crippen LogP contribution in [-0.4, -0.2) is 7.11 Å². The minimum absolute atomic E-state index is 0.607. The van der Waals surface area contributed by atoms with Crippen LogP contribution in [0, 0.1) is 11.3 Å². The van der Waals surface area contributed by atoms with E-state index in [1.807, 2.05) is 18.2 Å². The van der Waals surface area contributed by atoms with E-state index in [4.69, 9.17) is 10.00 Å². The maximum Gasteiger partial charge on any atom is 0.120 e. The van der Waals surface area contributed by atoms with Crippen molar-refractivity contribution in [2.75, 3.05) is 7.11 Å². The monoisotopic (exact) mass is 187 g/mol. The van der Waals surface area contributed by atoms with Gasteiger partial charge in [0.05, 0.1) is 18.7 Å². The van der Waals surface area contributed by atoms with Crippen molar-refractivity contribution in [2.24, 2.45) is 0 Å². The molecule has 0 spiro atoms. The van der Waals surface area contributed by atoms with Gasteiger partial charge in [0, 0.05) is 0 Å². The molecule has 0 amide bonds. The quantitative estimate of drug-likeness (QED) is 0.713. The summed E-state index contributed by atoms with van der Waals surface area (Å²) in [4.78, 5) is 0. The Morgan fingerprint density at radius 1 is 1.43 bits per heavy atom. The number of benzene rings is 1. The van der Waals surface area contributed by atoms with Crippen molar-refractivity contribution in [3.05, 3.63) is 29.3 Å². The predicted molar refractivity (Wildman–Crippen MR) is 54.3 cm³/mol. The standard InChI is InChI=1S/C12H13NO/c1-14-11-5-6-12(9-3-2-4-9)10(7-11)8-13/h5-7,9H,2-4H2,1H3. The number of methoxy groups -OCH3 is 1. The van der Waals surface area contributed by atoms with Crippen molar-refractivity contribution in [2.45, 2.75) is 25.2 Å². The van der Waals surface area contributed by atoms with E-state index in [1.165, 1.54) is 24.8 Å². The maximum atomic E-state index is 9.00. The molecule has 2 heteroatoms. The summed E-state index contributed by atoms with van der Waals surface area (Å²) in [5.41, 5.74) is 1.97. The lowest BCUT2D eigenvalue weighted by Gasteiger charge is -2.26. The molecule has 1 aliphatic carbocycles. The molecule has 0 saturated heterocycles. The van der Waals surface area contributed by atoms with E-state index in [2.05, 4.69) is 6.07 Å². The van der Waals surface area contributed by atoms with Gasteiger partial charge in [0.1, 0.15) is 5.75 Å². The van der Waals surface area contributed by atoms with Gasteiger partial charge in [-0.15, -0.1) is 0 Å². The number of nitriles is 1. The Balaban J connectivity index is 2.35. The molecule has 1 aromatic carbocycles. The third kappa shape index (κ3) is 1.46. The summed E-state index contributed by atoms with van der Waals surface area (Å²) in [7, 11) is 1.62. The molecule has 2 rings (SSSR count). The average Bonchev–Trinajstić information content (AvgIpc) is 2.16. The average molecular weight is 187 g/mol. The van der Waals surface area contributed by atoms with Crippen LogP contribution in [0.25, 0.3) is 0 Å². The Hall–Kier alpha value is -1.49. The highest BCUT2D eigenvalue weighted by Gasteiger charge is 2.22. The van der Waals surface area contributed by atoms with Gasteiger partial charge in [0.15, 0.2) is 0 Å². The molecule has 0 aliphatic heterocycles. The molecule has 0 radical (unpaired) electrons. The van der Waals surface area contributed by atoms with Crippen LogP contribution in [-0.2, 0) is 0 Å². The first-order chi connectivity index (χ1) is 6.85. The molecule has 2 nitrogen and oxygen atoms in total. The molecule has 1 fully saturated rings. The minimum Gasteiger partial charge on any atom is -0.497 e. The maximum absolute atomic E-state index is 9.00. The lowest BCUT2D eigenvalue weighted by atomic mass is 9.78. The smallest absolute Gasteiger partial charge is 0.120 e. The van der Waals surface area contributed by atoms with Crippen molar-refractivity contribution in [3.8, 4) is 11.8 Å². The summed E-state index contributed by atoms with van der Waals surface area (Å²) in [5, 5.41) is 9.00. The van der Waals surface area contributed by atoms with E-state index in [0.29, 0.717) is 5.92 Å². The summed E-state index contributed by atoms with van der Waals surface area (Å²) in [5.74, 6) is 1.38. The molecule has 1 saturated carbocycles. The van der Waals surface area contributed by atoms with Gasteiger partial charge in [0.25, 0.3) is 0 Å². The topological polar surface area (TPSA) is 33.0 Å². The lowest BCUT2D eigenvalue weighted by molar-refractivity contribution is 0.408. The summed E-state index contributed by atoms with van der Waals surface area (Å²) >= 11 is 0. The Bertz CT molecular complexity index is 374. The van der Waals surface area contributed by atoms with Gasteiger partial charge in [0.2, 0.25) is 0 Å². The van der Waals surface area contributed by atoms with Crippen molar-refractivity contribution in [3.63, 3.8) is 0 Å². The first-order valence-electron chi connectivity index (χ1n) is 4.93. The van der Waals surface area contributed by atoms with Gasteiger partial charge in [-0.25, -0.2) is 0 Å². The van der Waals surface area contributed by atoms with Crippen LogP contribution >= 0.6 is 0 Å². The van der Waals surface area contributed by atoms with Crippen molar-refractivity contribution in [1.29, 1.82) is 5.26 Å². The molecular formula is C12H13NO. The third-order valence-corrected chi connectivity index (χ3v) is 2.93. The largest absolute Gasteiger partial charge is 0.497 e. The van der Waals surface area contributed by atoms with E-state index in [-0.39, 0.29) is 0 Å². The fourth-order valence-electron chi connectivity index (χ4n) is 1.83. The number of rotatable bonds is 2. The molecule has 0 bridgehead atoms. The van der Waals surface area contributed by atoms with Gasteiger partial charge in [-0.3, -0.25) is 0 Å². The summed E-state index contributed by atoms with van der Waals surface area (Å²) in [6.07, 6.45) is 3.74. The van der Waals surface area contributed by atoms with Crippen LogP contribution in [0.15, 0.2) is 18.2 Å². The molecule has 0 aromatic heterocycles. The fourth-order valence-corrected chi connectivity index (χ4v) is 1.83. The van der Waals surface area contributed by atoms with Crippen molar-refractivity contribution in [1.82, 2.24) is 0 Å². The molecule has 72 valence electrons. The zero-order valence-corrected chi connectivity index (χ0v) is 8.29. The summed E-state index contributed by atoms with van der Waals surface area (Å²) in [6, 6.07) is 8.03. The first kappa shape index (κ1) is 9.08. The lowest BCUT2D eigenvalue weighted by Crippen LogP contribution is -2.10. The Morgan fingerprint density at radius 3 is 2.71 bits per heavy atom. The molecule has 0 atom stereocenters. The molecule has 14 heavy (non-hydrogen) atoms. The highest BCUT2D eigenvalue weighted by molar-refractivity contribution is 5.45. The van der Waals surface area contributed by atoms with E-state index in [1.54, 1.807) is 7.11 Å². The van der Waals surface area contributed by atoms with Crippen LogP contribution in [0.2, 0.25) is 0 Å². The SMILES string of the molecule is COc1ccc(C2CCC2)c(C#N)c1. The molecule has 0 heterocycles. The summed E-state index contributed by atoms with van der Waals surface area (Å²) in [6.45, 7) is 0. The van der Waals surface area contributed by atoms with Crippen LogP contribution < -0.4 is 4.74 Å². The van der Waals surface area contributed by atoms with Gasteiger partial charge in [-0.1, -0.05) is 12.5 Å². The van der Waals surface area contributed by atoms with Gasteiger partial charge in [-0.2, -0.15) is 5.26 Å². The van der Waals surface area contributed by atoms with Crippen LogP contribution in [0.3, 0.4) is 0 Å². The second kappa shape index (κ2) is 3.71. The van der Waals surface area contributed by atoms with Crippen LogP contribution in [0.5, 0.6) is 5.75 Å². The van der Waals surface area contributed by atoms with E-state index in [0.717, 1.165) is 11.3 Å². The molecule has 1 aromatic rings. The third-order valence-electron chi connectivity index (χ3n) is 2.93. The first-order valence-corrected chi connectivity index (χ1v) is 4.93. The van der Waals surface area contributed by atoms with Gasteiger partial charge in [-0.05, 0) is 36.5 Å². The number of ether oxygens (including phenoxy) is 1.